The van der Waals surface area contributed by atoms with E-state index in [4.69, 9.17) is 0 Å². The van der Waals surface area contributed by atoms with E-state index in [1.165, 1.54) is 0 Å². The third-order valence-electron chi connectivity index (χ3n) is 4.22. The molecule has 1 unspecified atom stereocenters. The van der Waals surface area contributed by atoms with E-state index >= 15 is 0 Å². The molecule has 0 spiro atoms. The summed E-state index contributed by atoms with van der Waals surface area (Å²) < 4.78 is 0. The zero-order valence-corrected chi connectivity index (χ0v) is 11.2. The average Bonchev–Trinajstić information content (AvgIpc) is 2.20. The molecule has 0 aromatic carbocycles. The Balaban J connectivity index is 2.62. The molecule has 0 saturated heterocycles. The van der Waals surface area contributed by atoms with Gasteiger partial charge in [0, 0.05) is 19.5 Å². The standard InChI is InChI=1S/C13H23NO3/c1-9(2)10(3)14(4)11(15)8-13(12(16)17)6-5-7-13/h9-10H,5-8H2,1-4H3,(H,16,17). The van der Waals surface area contributed by atoms with E-state index in [1.54, 1.807) is 11.9 Å². The van der Waals surface area contributed by atoms with Crippen molar-refractivity contribution in [1.29, 1.82) is 0 Å². The molecule has 1 rings (SSSR count). The summed E-state index contributed by atoms with van der Waals surface area (Å²) in [6, 6.07) is 0.147. The fraction of sp³-hybridized carbons (Fsp3) is 0.846. The van der Waals surface area contributed by atoms with Crippen molar-refractivity contribution in [3.05, 3.63) is 0 Å². The summed E-state index contributed by atoms with van der Waals surface area (Å²) in [5.41, 5.74) is -0.776. The highest BCUT2D eigenvalue weighted by atomic mass is 16.4. The molecule has 17 heavy (non-hydrogen) atoms. The summed E-state index contributed by atoms with van der Waals surface area (Å²) in [6.45, 7) is 6.12. The molecule has 0 aromatic rings. The van der Waals surface area contributed by atoms with Crippen LogP contribution < -0.4 is 0 Å². The highest BCUT2D eigenvalue weighted by Crippen LogP contribution is 2.44. The number of carbonyl (C=O) groups is 2. The Morgan fingerprint density at radius 3 is 2.12 bits per heavy atom. The number of hydrogen-bond donors (Lipinski definition) is 1. The van der Waals surface area contributed by atoms with Crippen molar-refractivity contribution in [2.45, 2.75) is 52.5 Å². The molecule has 1 saturated carbocycles. The molecule has 0 aromatic heterocycles. The number of aliphatic carboxylic acids is 1. The van der Waals surface area contributed by atoms with Crippen LogP contribution in [0.15, 0.2) is 0 Å². The zero-order chi connectivity index (χ0) is 13.2. The molecule has 1 amide bonds. The first-order valence-corrected chi connectivity index (χ1v) is 6.29. The van der Waals surface area contributed by atoms with Gasteiger partial charge < -0.3 is 10.0 Å². The molecule has 4 nitrogen and oxygen atoms in total. The van der Waals surface area contributed by atoms with Crippen LogP contribution >= 0.6 is 0 Å². The van der Waals surface area contributed by atoms with E-state index in [9.17, 15) is 14.7 Å². The maximum atomic E-state index is 12.1. The van der Waals surface area contributed by atoms with Gasteiger partial charge in [-0.05, 0) is 25.7 Å². The van der Waals surface area contributed by atoms with Gasteiger partial charge in [-0.25, -0.2) is 0 Å². The largest absolute Gasteiger partial charge is 0.481 e. The van der Waals surface area contributed by atoms with E-state index in [-0.39, 0.29) is 18.4 Å². The van der Waals surface area contributed by atoms with Crippen LogP contribution in [0.5, 0.6) is 0 Å². The van der Waals surface area contributed by atoms with Gasteiger partial charge in [0.05, 0.1) is 5.41 Å². The minimum Gasteiger partial charge on any atom is -0.481 e. The lowest BCUT2D eigenvalue weighted by molar-refractivity contribution is -0.159. The number of carboxylic acids is 1. The number of nitrogens with zero attached hydrogens (tertiary/aromatic N) is 1. The Hall–Kier alpha value is -1.06. The maximum absolute atomic E-state index is 12.1. The number of carboxylic acid groups (broad SMARTS) is 1. The van der Waals surface area contributed by atoms with Gasteiger partial charge >= 0.3 is 5.97 Å². The van der Waals surface area contributed by atoms with Crippen LogP contribution in [0.1, 0.15) is 46.5 Å². The van der Waals surface area contributed by atoms with Gasteiger partial charge in [0.1, 0.15) is 0 Å². The molecule has 4 heteroatoms. The van der Waals surface area contributed by atoms with Gasteiger partial charge in [-0.2, -0.15) is 0 Å². The number of carbonyl (C=O) groups excluding carboxylic acids is 1. The Bertz CT molecular complexity index is 308. The van der Waals surface area contributed by atoms with Crippen LogP contribution in [0.4, 0.5) is 0 Å². The number of amides is 1. The first-order valence-electron chi connectivity index (χ1n) is 6.29. The maximum Gasteiger partial charge on any atom is 0.310 e. The fourth-order valence-electron chi connectivity index (χ4n) is 2.16. The average molecular weight is 241 g/mol. The highest BCUT2D eigenvalue weighted by molar-refractivity contribution is 5.85. The minimum atomic E-state index is -0.817. The van der Waals surface area contributed by atoms with Gasteiger partial charge in [-0.15, -0.1) is 0 Å². The van der Waals surface area contributed by atoms with Crippen molar-refractivity contribution >= 4 is 11.9 Å². The second-order valence-electron chi connectivity index (χ2n) is 5.61. The third-order valence-corrected chi connectivity index (χ3v) is 4.22. The van der Waals surface area contributed by atoms with Gasteiger partial charge in [0.25, 0.3) is 0 Å². The van der Waals surface area contributed by atoms with Crippen molar-refractivity contribution < 1.29 is 14.7 Å². The van der Waals surface area contributed by atoms with Gasteiger partial charge in [-0.1, -0.05) is 20.3 Å². The Labute approximate surface area is 103 Å². The topological polar surface area (TPSA) is 57.6 Å². The van der Waals surface area contributed by atoms with Crippen molar-refractivity contribution in [3.8, 4) is 0 Å². The molecule has 1 aliphatic carbocycles. The summed E-state index contributed by atoms with van der Waals surface area (Å²) in [7, 11) is 1.77. The Morgan fingerprint density at radius 2 is 1.82 bits per heavy atom. The van der Waals surface area contributed by atoms with Gasteiger partial charge in [0.15, 0.2) is 0 Å². The highest BCUT2D eigenvalue weighted by Gasteiger charge is 2.46. The first kappa shape index (κ1) is 14.0. The SMILES string of the molecule is CC(C)C(C)N(C)C(=O)CC1(C(=O)O)CCC1. The molecule has 1 atom stereocenters. The molecule has 0 aliphatic heterocycles. The molecule has 0 radical (unpaired) electrons. The molecule has 0 bridgehead atoms. The molecular formula is C13H23NO3. The molecule has 1 aliphatic rings. The van der Waals surface area contributed by atoms with Crippen LogP contribution in [0.3, 0.4) is 0 Å². The molecular weight excluding hydrogens is 218 g/mol. The van der Waals surface area contributed by atoms with Crippen molar-refractivity contribution in [3.63, 3.8) is 0 Å². The summed E-state index contributed by atoms with van der Waals surface area (Å²) in [5.74, 6) is -0.484. The Morgan fingerprint density at radius 1 is 1.29 bits per heavy atom. The third kappa shape index (κ3) is 2.79. The lowest BCUT2D eigenvalue weighted by atomic mass is 9.66. The van der Waals surface area contributed by atoms with E-state index in [2.05, 4.69) is 13.8 Å². The summed E-state index contributed by atoms with van der Waals surface area (Å²) in [5, 5.41) is 9.19. The molecule has 98 valence electrons. The van der Waals surface area contributed by atoms with E-state index in [0.717, 1.165) is 6.42 Å². The quantitative estimate of drug-likeness (QED) is 0.802. The monoisotopic (exact) mass is 241 g/mol. The molecule has 1 N–H and O–H groups in total. The minimum absolute atomic E-state index is 0.0479. The van der Waals surface area contributed by atoms with Gasteiger partial charge in [0.2, 0.25) is 5.91 Å². The summed E-state index contributed by atoms with van der Waals surface area (Å²) in [4.78, 5) is 24.9. The van der Waals surface area contributed by atoms with Crippen molar-refractivity contribution in [2.24, 2.45) is 11.3 Å². The fourth-order valence-corrected chi connectivity index (χ4v) is 2.16. The number of hydrogen-bond acceptors (Lipinski definition) is 2. The molecule has 1 fully saturated rings. The van der Waals surface area contributed by atoms with E-state index in [1.807, 2.05) is 6.92 Å². The predicted molar refractivity (Wildman–Crippen MR) is 65.6 cm³/mol. The van der Waals surface area contributed by atoms with Crippen molar-refractivity contribution in [1.82, 2.24) is 4.90 Å². The van der Waals surface area contributed by atoms with Gasteiger partial charge in [-0.3, -0.25) is 9.59 Å². The smallest absolute Gasteiger partial charge is 0.310 e. The van der Waals surface area contributed by atoms with Crippen LogP contribution in [-0.4, -0.2) is 35.0 Å². The second kappa shape index (κ2) is 5.07. The van der Waals surface area contributed by atoms with Crippen molar-refractivity contribution in [2.75, 3.05) is 7.05 Å². The predicted octanol–water partition coefficient (Wildman–Crippen LogP) is 2.13. The summed E-state index contributed by atoms with van der Waals surface area (Å²) >= 11 is 0. The summed E-state index contributed by atoms with van der Waals surface area (Å²) in [6.07, 6.45) is 2.34. The van der Waals surface area contributed by atoms with Crippen LogP contribution in [0.25, 0.3) is 0 Å². The lowest BCUT2D eigenvalue weighted by Gasteiger charge is -2.39. The van der Waals surface area contributed by atoms with E-state index in [0.29, 0.717) is 18.8 Å². The Kier molecular flexibility index (Phi) is 4.17. The van der Waals surface area contributed by atoms with Crippen LogP contribution in [-0.2, 0) is 9.59 Å². The zero-order valence-electron chi connectivity index (χ0n) is 11.2. The molecule has 0 heterocycles. The number of rotatable bonds is 5. The lowest BCUT2D eigenvalue weighted by Crippen LogP contribution is -2.45. The van der Waals surface area contributed by atoms with Crippen LogP contribution in [0, 0.1) is 11.3 Å². The normalized spacial score (nSPS) is 19.6. The first-order chi connectivity index (χ1) is 7.80. The van der Waals surface area contributed by atoms with E-state index < -0.39 is 11.4 Å². The second-order valence-corrected chi connectivity index (χ2v) is 5.61. The van der Waals surface area contributed by atoms with Crippen LogP contribution in [0.2, 0.25) is 0 Å².